The molecule has 5 saturated carbocycles. The highest BCUT2D eigenvalue weighted by molar-refractivity contribution is 5.94. The van der Waals surface area contributed by atoms with Gasteiger partial charge in [-0.05, 0) is 170 Å². The molecule has 6 aliphatic carbocycles. The van der Waals surface area contributed by atoms with Crippen LogP contribution >= 0.6 is 0 Å². The fourth-order valence-corrected chi connectivity index (χ4v) is 15.5. The highest BCUT2D eigenvalue weighted by atomic mass is 16.5. The van der Waals surface area contributed by atoms with Gasteiger partial charge in [-0.2, -0.15) is 0 Å². The van der Waals surface area contributed by atoms with Gasteiger partial charge in [0.2, 0.25) is 5.91 Å². The van der Waals surface area contributed by atoms with E-state index in [4.69, 9.17) is 0 Å². The van der Waals surface area contributed by atoms with Crippen LogP contribution in [0, 0.1) is 68.5 Å². The number of aliphatic hydroxyl groups is 2. The Morgan fingerprint density at radius 1 is 0.871 bits per heavy atom. The molecule has 0 saturated heterocycles. The van der Waals surface area contributed by atoms with E-state index in [0.29, 0.717) is 66.0 Å². The molecular formula is C53H81N3O6. The zero-order chi connectivity index (χ0) is 44.8. The maximum Gasteiger partial charge on any atom is 0.307 e. The van der Waals surface area contributed by atoms with Crippen molar-refractivity contribution in [3.63, 3.8) is 0 Å². The van der Waals surface area contributed by atoms with Crippen LogP contribution in [-0.4, -0.2) is 66.4 Å². The van der Waals surface area contributed by atoms with E-state index >= 15 is 0 Å². The molecule has 9 heteroatoms. The van der Waals surface area contributed by atoms with Crippen molar-refractivity contribution in [3.05, 3.63) is 59.2 Å². The molecule has 6 aliphatic rings. The molecule has 0 bridgehead atoms. The van der Waals surface area contributed by atoms with Gasteiger partial charge in [-0.25, -0.2) is 0 Å². The SMILES string of the molecule is COC(=O)CC(CO)NC(=O)c1ccc(CNC(C)C2=CC(CCNC(=O)C34CC[C@@H](C(C)C)C3C3CCC5C6(C)CCC(O)C(C)(C)C6CCC5(C)[C@]3(C)CC4)CC=C2)cc1. The number of esters is 1. The van der Waals surface area contributed by atoms with Gasteiger partial charge in [0.25, 0.3) is 5.91 Å². The smallest absolute Gasteiger partial charge is 0.307 e. The number of nitrogens with one attached hydrogen (secondary N) is 3. The largest absolute Gasteiger partial charge is 0.469 e. The molecule has 0 heterocycles. The molecule has 2 amide bonds. The summed E-state index contributed by atoms with van der Waals surface area (Å²) in [5.41, 5.74) is 3.19. The second-order valence-corrected chi connectivity index (χ2v) is 22.7. The molecule has 62 heavy (non-hydrogen) atoms. The number of methoxy groups -OCH3 is 1. The fourth-order valence-electron chi connectivity index (χ4n) is 15.5. The Kier molecular flexibility index (Phi) is 13.7. The van der Waals surface area contributed by atoms with Crippen LogP contribution in [0.25, 0.3) is 0 Å². The summed E-state index contributed by atoms with van der Waals surface area (Å²) >= 11 is 0. The number of amides is 2. The standard InChI is InChI=1S/C53H81N3O6/c1-33(2)40-19-25-53(27-26-51(7)41(46(40)53)17-18-43-50(6)23-21-44(58)49(4,5)42(50)20-24-52(43,51)8)48(61)54-28-22-35-11-10-12-38(29-35)34(3)55-31-36-13-15-37(16-14-36)47(60)56-39(32-57)30-45(59)62-9/h10,12-16,29,33-35,39-44,46,55,57-58H,11,17-28,30-32H2,1-9H3,(H,54,61)(H,56,60)/t34?,35?,39?,40-,41?,42?,43?,44?,46?,50?,51+,52?,53?/m0/s1. The van der Waals surface area contributed by atoms with Crippen LogP contribution in [0.4, 0.5) is 0 Å². The summed E-state index contributed by atoms with van der Waals surface area (Å²) in [7, 11) is 1.28. The Morgan fingerprint density at radius 2 is 1.61 bits per heavy atom. The minimum absolute atomic E-state index is 0.0401. The Bertz CT molecular complexity index is 1860. The topological polar surface area (TPSA) is 137 Å². The maximum absolute atomic E-state index is 14.8. The first-order chi connectivity index (χ1) is 29.3. The minimum atomic E-state index is -0.704. The Hall–Kier alpha value is -3.01. The number of aliphatic hydroxyl groups excluding tert-OH is 2. The van der Waals surface area contributed by atoms with Crippen molar-refractivity contribution in [3.8, 4) is 0 Å². The summed E-state index contributed by atoms with van der Waals surface area (Å²) in [6, 6.07) is 6.79. The zero-order valence-corrected chi connectivity index (χ0v) is 39.7. The number of carbonyl (C=O) groups is 3. The lowest BCUT2D eigenvalue weighted by atomic mass is 9.32. The highest BCUT2D eigenvalue weighted by Gasteiger charge is 2.72. The molecule has 1 aromatic rings. The normalized spacial score (nSPS) is 38.1. The van der Waals surface area contributed by atoms with Crippen LogP contribution in [0.2, 0.25) is 0 Å². The van der Waals surface area contributed by atoms with E-state index in [1.807, 2.05) is 12.1 Å². The predicted molar refractivity (Wildman–Crippen MR) is 246 cm³/mol. The number of ether oxygens (including phenoxy) is 1. The number of fused-ring (bicyclic) bond motifs is 7. The lowest BCUT2D eigenvalue weighted by molar-refractivity contribution is -0.248. The number of rotatable bonds is 14. The molecule has 344 valence electrons. The molecule has 0 radical (unpaired) electrons. The van der Waals surface area contributed by atoms with E-state index in [1.165, 1.54) is 44.8 Å². The van der Waals surface area contributed by atoms with Crippen molar-refractivity contribution < 1.29 is 29.3 Å². The van der Waals surface area contributed by atoms with Crippen molar-refractivity contribution in [2.24, 2.45) is 68.5 Å². The number of allylic oxidation sites excluding steroid dienone is 2. The molecule has 5 fully saturated rings. The molecule has 0 aromatic heterocycles. The predicted octanol–water partition coefficient (Wildman–Crippen LogP) is 8.93. The van der Waals surface area contributed by atoms with Gasteiger partial charge in [0.15, 0.2) is 0 Å². The van der Waals surface area contributed by atoms with Gasteiger partial charge < -0.3 is 30.9 Å². The van der Waals surface area contributed by atoms with Crippen LogP contribution in [0.3, 0.4) is 0 Å². The van der Waals surface area contributed by atoms with Gasteiger partial charge in [-0.3, -0.25) is 14.4 Å². The number of hydrogen-bond acceptors (Lipinski definition) is 7. The van der Waals surface area contributed by atoms with Crippen LogP contribution < -0.4 is 16.0 Å². The Balaban J connectivity index is 0.957. The van der Waals surface area contributed by atoms with E-state index in [1.54, 1.807) is 12.1 Å². The van der Waals surface area contributed by atoms with Crippen LogP contribution in [0.15, 0.2) is 48.1 Å². The quantitative estimate of drug-likeness (QED) is 0.118. The summed E-state index contributed by atoms with van der Waals surface area (Å²) in [4.78, 5) is 39.2. The molecular weight excluding hydrogens is 775 g/mol. The van der Waals surface area contributed by atoms with Crippen molar-refractivity contribution in [1.82, 2.24) is 16.0 Å². The molecule has 0 aliphatic heterocycles. The van der Waals surface area contributed by atoms with Crippen molar-refractivity contribution in [1.29, 1.82) is 0 Å². The molecule has 5 N–H and O–H groups in total. The average molecular weight is 856 g/mol. The molecule has 7 rings (SSSR count). The van der Waals surface area contributed by atoms with E-state index < -0.39 is 12.0 Å². The maximum atomic E-state index is 14.8. The lowest BCUT2D eigenvalue weighted by Crippen LogP contribution is -2.67. The summed E-state index contributed by atoms with van der Waals surface area (Å²) < 4.78 is 4.66. The highest BCUT2D eigenvalue weighted by Crippen LogP contribution is 2.77. The summed E-state index contributed by atoms with van der Waals surface area (Å²) in [6.07, 6.45) is 19.9. The van der Waals surface area contributed by atoms with Crippen LogP contribution in [-0.2, 0) is 20.9 Å². The first-order valence-corrected chi connectivity index (χ1v) is 24.5. The first-order valence-electron chi connectivity index (χ1n) is 24.5. The van der Waals surface area contributed by atoms with Gasteiger partial charge in [-0.15, -0.1) is 0 Å². The van der Waals surface area contributed by atoms with Crippen molar-refractivity contribution >= 4 is 17.8 Å². The van der Waals surface area contributed by atoms with Gasteiger partial charge in [0.1, 0.15) is 0 Å². The van der Waals surface area contributed by atoms with Crippen molar-refractivity contribution in [2.45, 2.75) is 164 Å². The average Bonchev–Trinajstić information content (AvgIpc) is 3.66. The van der Waals surface area contributed by atoms with Crippen molar-refractivity contribution in [2.75, 3.05) is 20.3 Å². The second-order valence-electron chi connectivity index (χ2n) is 22.7. The summed E-state index contributed by atoms with van der Waals surface area (Å²) in [6.45, 7) is 20.7. The third-order valence-electron chi connectivity index (χ3n) is 19.3. The molecule has 0 spiro atoms. The van der Waals surface area contributed by atoms with Gasteiger partial charge >= 0.3 is 5.97 Å². The van der Waals surface area contributed by atoms with Crippen LogP contribution in [0.1, 0.15) is 155 Å². The first kappa shape index (κ1) is 47.0. The number of carbonyl (C=O) groups excluding carboxylic acids is 3. The summed E-state index contributed by atoms with van der Waals surface area (Å²) in [5.74, 6) is 3.27. The van der Waals surface area contributed by atoms with E-state index in [0.717, 1.165) is 50.5 Å². The number of benzene rings is 1. The van der Waals surface area contributed by atoms with E-state index in [9.17, 15) is 24.6 Å². The fraction of sp³-hybridized carbons (Fsp3) is 0.755. The lowest BCUT2D eigenvalue weighted by Gasteiger charge is -2.73. The molecule has 13 atom stereocenters. The van der Waals surface area contributed by atoms with Crippen LogP contribution in [0.5, 0.6) is 0 Å². The molecule has 1 aromatic carbocycles. The molecule has 11 unspecified atom stereocenters. The third-order valence-corrected chi connectivity index (χ3v) is 19.3. The zero-order valence-electron chi connectivity index (χ0n) is 39.7. The Labute approximate surface area is 373 Å². The third kappa shape index (κ3) is 8.27. The monoisotopic (exact) mass is 856 g/mol. The van der Waals surface area contributed by atoms with Gasteiger partial charge in [-0.1, -0.05) is 78.8 Å². The second kappa shape index (κ2) is 18.1. The van der Waals surface area contributed by atoms with Gasteiger partial charge in [0, 0.05) is 24.7 Å². The number of hydrogen-bond donors (Lipinski definition) is 5. The molecule has 9 nitrogen and oxygen atoms in total. The minimum Gasteiger partial charge on any atom is -0.469 e. The van der Waals surface area contributed by atoms with Gasteiger partial charge in [0.05, 0.1) is 37.7 Å². The summed E-state index contributed by atoms with van der Waals surface area (Å²) in [5, 5.41) is 30.7. The van der Waals surface area contributed by atoms with E-state index in [-0.39, 0.29) is 58.2 Å². The van der Waals surface area contributed by atoms with E-state index in [2.05, 4.69) is 94.3 Å². The Morgan fingerprint density at radius 3 is 2.31 bits per heavy atom.